The van der Waals surface area contributed by atoms with Crippen molar-refractivity contribution in [2.75, 3.05) is 13.1 Å². The molecule has 1 atom stereocenters. The second-order valence-corrected chi connectivity index (χ2v) is 5.23. The third kappa shape index (κ3) is 1.94. The van der Waals surface area contributed by atoms with Gasteiger partial charge in [0.05, 0.1) is 18.2 Å². The van der Waals surface area contributed by atoms with E-state index in [1.165, 1.54) is 12.8 Å². The Morgan fingerprint density at radius 3 is 2.94 bits per heavy atom. The first kappa shape index (κ1) is 10.2. The molecular weight excluding hydrogens is 206 g/mol. The van der Waals surface area contributed by atoms with E-state index in [0.717, 1.165) is 25.3 Å². The average Bonchev–Trinajstić information content (AvgIpc) is 2.87. The second kappa shape index (κ2) is 3.49. The summed E-state index contributed by atoms with van der Waals surface area (Å²) in [6.07, 6.45) is 3.21. The Hall–Kier alpha value is -1.01. The molecule has 1 saturated heterocycles. The zero-order valence-corrected chi connectivity index (χ0v) is 9.50. The van der Waals surface area contributed by atoms with E-state index in [0.29, 0.717) is 12.6 Å². The smallest absolute Gasteiger partial charge is 0.165 e. The number of nitrogens with zero attached hydrogens (tertiary/aromatic N) is 5. The van der Waals surface area contributed by atoms with E-state index >= 15 is 0 Å². The Morgan fingerprint density at radius 1 is 1.50 bits per heavy atom. The summed E-state index contributed by atoms with van der Waals surface area (Å²) in [6, 6.07) is 0.521. The Balaban J connectivity index is 1.68. The van der Waals surface area contributed by atoms with Crippen LogP contribution in [0, 0.1) is 0 Å². The number of aromatic nitrogens is 4. The highest BCUT2D eigenvalue weighted by Gasteiger charge is 2.33. The van der Waals surface area contributed by atoms with Crippen molar-refractivity contribution in [1.29, 1.82) is 0 Å². The zero-order valence-electron chi connectivity index (χ0n) is 9.50. The molecule has 1 saturated carbocycles. The largest absolute Gasteiger partial charge is 0.389 e. The lowest BCUT2D eigenvalue weighted by molar-refractivity contribution is 0.0674. The maximum atomic E-state index is 9.88. The Kier molecular flexibility index (Phi) is 2.22. The summed E-state index contributed by atoms with van der Waals surface area (Å²) in [4.78, 5) is 2.21. The van der Waals surface area contributed by atoms with Crippen LogP contribution in [-0.4, -0.2) is 48.9 Å². The van der Waals surface area contributed by atoms with E-state index in [4.69, 9.17) is 0 Å². The molecule has 0 radical (unpaired) electrons. The summed E-state index contributed by atoms with van der Waals surface area (Å²) in [6.45, 7) is 4.27. The number of tetrazole rings is 1. The topological polar surface area (TPSA) is 67.1 Å². The summed E-state index contributed by atoms with van der Waals surface area (Å²) in [7, 11) is 0. The zero-order chi connectivity index (χ0) is 11.2. The SMILES string of the molecule is CC1(O)CCN(Cc2nnnn2C2CC2)C1. The van der Waals surface area contributed by atoms with Crippen molar-refractivity contribution in [3.8, 4) is 0 Å². The number of β-amino-alcohol motifs (C(OH)–C–C–N with tert-alkyl or cyclic N) is 1. The normalized spacial score (nSPS) is 31.1. The fraction of sp³-hybridized carbons (Fsp3) is 0.900. The van der Waals surface area contributed by atoms with Crippen LogP contribution in [-0.2, 0) is 6.54 Å². The highest BCUT2D eigenvalue weighted by molar-refractivity contribution is 4.93. The van der Waals surface area contributed by atoms with Gasteiger partial charge < -0.3 is 5.11 Å². The van der Waals surface area contributed by atoms with Gasteiger partial charge in [-0.3, -0.25) is 4.90 Å². The van der Waals surface area contributed by atoms with Crippen molar-refractivity contribution >= 4 is 0 Å². The highest BCUT2D eigenvalue weighted by Crippen LogP contribution is 2.34. The van der Waals surface area contributed by atoms with E-state index in [9.17, 15) is 5.11 Å². The van der Waals surface area contributed by atoms with Gasteiger partial charge in [-0.1, -0.05) is 0 Å². The summed E-state index contributed by atoms with van der Waals surface area (Å²) in [5.74, 6) is 0.931. The molecule has 2 fully saturated rings. The second-order valence-electron chi connectivity index (χ2n) is 5.23. The minimum Gasteiger partial charge on any atom is -0.389 e. The van der Waals surface area contributed by atoms with Gasteiger partial charge in [0, 0.05) is 13.1 Å². The fourth-order valence-corrected chi connectivity index (χ4v) is 2.29. The lowest BCUT2D eigenvalue weighted by atomic mass is 10.1. The van der Waals surface area contributed by atoms with Crippen molar-refractivity contribution in [2.45, 2.75) is 44.4 Å². The molecule has 2 heterocycles. The average molecular weight is 223 g/mol. The van der Waals surface area contributed by atoms with Crippen molar-refractivity contribution in [3.05, 3.63) is 5.82 Å². The molecular formula is C10H17N5O. The van der Waals surface area contributed by atoms with Crippen LogP contribution in [0.25, 0.3) is 0 Å². The molecule has 1 aromatic rings. The van der Waals surface area contributed by atoms with E-state index in [1.807, 2.05) is 11.6 Å². The van der Waals surface area contributed by atoms with Gasteiger partial charge in [-0.05, 0) is 36.6 Å². The highest BCUT2D eigenvalue weighted by atomic mass is 16.3. The van der Waals surface area contributed by atoms with Gasteiger partial charge >= 0.3 is 0 Å². The Morgan fingerprint density at radius 2 is 2.31 bits per heavy atom. The van der Waals surface area contributed by atoms with Crippen LogP contribution in [0.2, 0.25) is 0 Å². The lowest BCUT2D eigenvalue weighted by Gasteiger charge is -2.18. The first-order chi connectivity index (χ1) is 7.64. The molecule has 3 rings (SSSR count). The molecule has 88 valence electrons. The predicted molar refractivity (Wildman–Crippen MR) is 56.6 cm³/mol. The number of hydrogen-bond acceptors (Lipinski definition) is 5. The van der Waals surface area contributed by atoms with Crippen LogP contribution < -0.4 is 0 Å². The van der Waals surface area contributed by atoms with Crippen LogP contribution >= 0.6 is 0 Å². The summed E-state index contributed by atoms with van der Waals surface area (Å²) < 4.78 is 1.94. The molecule has 6 heteroatoms. The molecule has 1 aliphatic carbocycles. The van der Waals surface area contributed by atoms with E-state index in [1.54, 1.807) is 0 Å². The number of rotatable bonds is 3. The number of likely N-dealkylation sites (tertiary alicyclic amines) is 1. The first-order valence-corrected chi connectivity index (χ1v) is 5.85. The molecule has 16 heavy (non-hydrogen) atoms. The molecule has 0 spiro atoms. The minimum atomic E-state index is -0.544. The minimum absolute atomic E-state index is 0.521. The Bertz CT molecular complexity index is 384. The Labute approximate surface area is 94.2 Å². The summed E-state index contributed by atoms with van der Waals surface area (Å²) in [5, 5.41) is 21.7. The monoisotopic (exact) mass is 223 g/mol. The quantitative estimate of drug-likeness (QED) is 0.779. The molecule has 0 bridgehead atoms. The number of hydrogen-bond donors (Lipinski definition) is 1. The van der Waals surface area contributed by atoms with Gasteiger partial charge in [-0.15, -0.1) is 5.10 Å². The molecule has 0 aromatic carbocycles. The number of aliphatic hydroxyl groups is 1. The van der Waals surface area contributed by atoms with Crippen LogP contribution in [0.1, 0.15) is 38.1 Å². The maximum absolute atomic E-state index is 9.88. The van der Waals surface area contributed by atoms with Gasteiger partial charge in [0.15, 0.2) is 5.82 Å². The van der Waals surface area contributed by atoms with Crippen LogP contribution in [0.5, 0.6) is 0 Å². The third-order valence-corrected chi connectivity index (χ3v) is 3.35. The van der Waals surface area contributed by atoms with Gasteiger partial charge in [0.25, 0.3) is 0 Å². The third-order valence-electron chi connectivity index (χ3n) is 3.35. The van der Waals surface area contributed by atoms with Gasteiger partial charge in [-0.2, -0.15) is 0 Å². The van der Waals surface area contributed by atoms with E-state index < -0.39 is 5.60 Å². The van der Waals surface area contributed by atoms with Gasteiger partial charge in [0.1, 0.15) is 0 Å². The van der Waals surface area contributed by atoms with Crippen LogP contribution in [0.15, 0.2) is 0 Å². The predicted octanol–water partition coefficient (Wildman–Crippen LogP) is -0.0353. The molecule has 2 aliphatic rings. The maximum Gasteiger partial charge on any atom is 0.165 e. The molecule has 6 nitrogen and oxygen atoms in total. The lowest BCUT2D eigenvalue weighted by Crippen LogP contribution is -2.30. The molecule has 1 N–H and O–H groups in total. The molecule has 1 aromatic heterocycles. The molecule has 0 amide bonds. The van der Waals surface area contributed by atoms with Gasteiger partial charge in [0.2, 0.25) is 0 Å². The van der Waals surface area contributed by atoms with E-state index in [-0.39, 0.29) is 0 Å². The van der Waals surface area contributed by atoms with Crippen LogP contribution in [0.4, 0.5) is 0 Å². The standard InChI is InChI=1S/C10H17N5O/c1-10(16)4-5-14(7-10)6-9-11-12-13-15(9)8-2-3-8/h8,16H,2-7H2,1H3. The summed E-state index contributed by atoms with van der Waals surface area (Å²) >= 11 is 0. The van der Waals surface area contributed by atoms with Gasteiger partial charge in [-0.25, -0.2) is 4.68 Å². The van der Waals surface area contributed by atoms with Crippen LogP contribution in [0.3, 0.4) is 0 Å². The molecule has 1 unspecified atom stereocenters. The van der Waals surface area contributed by atoms with Crippen molar-refractivity contribution in [3.63, 3.8) is 0 Å². The fourth-order valence-electron chi connectivity index (χ4n) is 2.29. The first-order valence-electron chi connectivity index (χ1n) is 5.85. The van der Waals surface area contributed by atoms with Crippen molar-refractivity contribution in [1.82, 2.24) is 25.1 Å². The van der Waals surface area contributed by atoms with Crippen molar-refractivity contribution < 1.29 is 5.11 Å². The van der Waals surface area contributed by atoms with E-state index in [2.05, 4.69) is 20.4 Å². The molecule has 1 aliphatic heterocycles. The van der Waals surface area contributed by atoms with Crippen molar-refractivity contribution in [2.24, 2.45) is 0 Å². The summed E-state index contributed by atoms with van der Waals surface area (Å²) in [5.41, 5.74) is -0.544.